The van der Waals surface area contributed by atoms with Gasteiger partial charge in [-0.1, -0.05) is 20.8 Å². The van der Waals surface area contributed by atoms with Crippen LogP contribution in [0.3, 0.4) is 0 Å². The molecule has 0 radical (unpaired) electrons. The van der Waals surface area contributed by atoms with E-state index in [9.17, 15) is 0 Å². The van der Waals surface area contributed by atoms with Gasteiger partial charge in [0, 0.05) is 7.11 Å². The highest BCUT2D eigenvalue weighted by atomic mass is 16.5. The first-order valence-electron chi connectivity index (χ1n) is 5.54. The minimum atomic E-state index is 0.505. The van der Waals surface area contributed by atoms with Gasteiger partial charge in [0.25, 0.3) is 0 Å². The first-order valence-corrected chi connectivity index (χ1v) is 5.54. The molecule has 0 aromatic rings. The highest BCUT2D eigenvalue weighted by molar-refractivity contribution is 4.76. The highest BCUT2D eigenvalue weighted by Gasteiger charge is 2.24. The van der Waals surface area contributed by atoms with E-state index in [1.54, 1.807) is 0 Å². The van der Waals surface area contributed by atoms with Gasteiger partial charge in [-0.3, -0.25) is 0 Å². The van der Waals surface area contributed by atoms with Crippen LogP contribution < -0.4 is 0 Å². The quantitative estimate of drug-likeness (QED) is 0.637. The lowest BCUT2D eigenvalue weighted by Crippen LogP contribution is -2.23. The van der Waals surface area contributed by atoms with E-state index >= 15 is 0 Å². The van der Waals surface area contributed by atoms with Crippen LogP contribution in [0.2, 0.25) is 0 Å². The van der Waals surface area contributed by atoms with E-state index in [4.69, 9.17) is 4.74 Å². The van der Waals surface area contributed by atoms with Crippen molar-refractivity contribution in [3.63, 3.8) is 0 Å². The minimum Gasteiger partial charge on any atom is -0.381 e. The molecule has 0 amide bonds. The summed E-state index contributed by atoms with van der Waals surface area (Å²) < 4.78 is 5.37. The predicted molar refractivity (Wildman–Crippen MR) is 56.8 cm³/mol. The molecule has 0 atom stereocenters. The molecule has 1 saturated carbocycles. The zero-order valence-electron chi connectivity index (χ0n) is 9.60. The van der Waals surface area contributed by atoms with Gasteiger partial charge in [0.1, 0.15) is 0 Å². The van der Waals surface area contributed by atoms with Crippen LogP contribution in [0.1, 0.15) is 52.9 Å². The predicted octanol–water partition coefficient (Wildman–Crippen LogP) is 3.63. The van der Waals surface area contributed by atoms with Crippen molar-refractivity contribution < 1.29 is 4.74 Å². The Kier molecular flexibility index (Phi) is 3.78. The molecule has 0 aromatic heterocycles. The van der Waals surface area contributed by atoms with Crippen LogP contribution in [0.4, 0.5) is 0 Å². The fraction of sp³-hybridized carbons (Fsp3) is 1.00. The van der Waals surface area contributed by atoms with Crippen LogP contribution in [0.5, 0.6) is 0 Å². The summed E-state index contributed by atoms with van der Waals surface area (Å²) in [6, 6.07) is 0. The van der Waals surface area contributed by atoms with Crippen LogP contribution >= 0.6 is 0 Å². The van der Waals surface area contributed by atoms with Gasteiger partial charge >= 0.3 is 0 Å². The van der Waals surface area contributed by atoms with Crippen molar-refractivity contribution in [2.24, 2.45) is 11.3 Å². The molecule has 0 aliphatic heterocycles. The molecule has 0 unspecified atom stereocenters. The van der Waals surface area contributed by atoms with Gasteiger partial charge in [-0.05, 0) is 43.4 Å². The lowest BCUT2D eigenvalue weighted by Gasteiger charge is -2.31. The van der Waals surface area contributed by atoms with Crippen molar-refractivity contribution in [1.82, 2.24) is 0 Å². The van der Waals surface area contributed by atoms with E-state index in [0.717, 1.165) is 5.92 Å². The number of hydrogen-bond acceptors (Lipinski definition) is 1. The molecule has 0 aromatic carbocycles. The van der Waals surface area contributed by atoms with Crippen molar-refractivity contribution in [3.05, 3.63) is 0 Å². The normalized spacial score (nSPS) is 30.5. The fourth-order valence-electron chi connectivity index (χ4n) is 2.44. The molecular formula is C12H24O. The minimum absolute atomic E-state index is 0.505. The maximum Gasteiger partial charge on any atom is 0.0571 e. The maximum atomic E-state index is 5.37. The molecule has 1 fully saturated rings. The van der Waals surface area contributed by atoms with Gasteiger partial charge < -0.3 is 4.74 Å². The lowest BCUT2D eigenvalue weighted by atomic mass is 9.77. The molecule has 1 aliphatic rings. The topological polar surface area (TPSA) is 9.23 Å². The Morgan fingerprint density at radius 2 is 1.62 bits per heavy atom. The number of methoxy groups -OCH3 is 1. The maximum absolute atomic E-state index is 5.37. The van der Waals surface area contributed by atoms with Crippen molar-refractivity contribution in [2.45, 2.75) is 59.0 Å². The van der Waals surface area contributed by atoms with Crippen LogP contribution in [0.15, 0.2) is 0 Å². The van der Waals surface area contributed by atoms with E-state index < -0.39 is 0 Å². The Hall–Kier alpha value is -0.0400. The Labute approximate surface area is 82.9 Å². The van der Waals surface area contributed by atoms with Gasteiger partial charge in [-0.2, -0.15) is 0 Å². The molecule has 13 heavy (non-hydrogen) atoms. The smallest absolute Gasteiger partial charge is 0.0571 e. The Morgan fingerprint density at radius 1 is 1.08 bits per heavy atom. The Morgan fingerprint density at radius 3 is 2.00 bits per heavy atom. The fourth-order valence-corrected chi connectivity index (χ4v) is 2.44. The third-order valence-electron chi connectivity index (χ3n) is 3.03. The summed E-state index contributed by atoms with van der Waals surface area (Å²) in [4.78, 5) is 0. The van der Waals surface area contributed by atoms with Gasteiger partial charge in [-0.15, -0.1) is 0 Å². The molecule has 78 valence electrons. The van der Waals surface area contributed by atoms with Crippen LogP contribution in [0.25, 0.3) is 0 Å². The summed E-state index contributed by atoms with van der Waals surface area (Å²) in [6.07, 6.45) is 7.22. The van der Waals surface area contributed by atoms with Gasteiger partial charge in [-0.25, -0.2) is 0 Å². The monoisotopic (exact) mass is 184 g/mol. The van der Waals surface area contributed by atoms with Gasteiger partial charge in [0.15, 0.2) is 0 Å². The van der Waals surface area contributed by atoms with Crippen LogP contribution in [0, 0.1) is 11.3 Å². The van der Waals surface area contributed by atoms with E-state index in [1.807, 2.05) is 7.11 Å². The highest BCUT2D eigenvalue weighted by Crippen LogP contribution is 2.34. The molecule has 0 spiro atoms. The molecule has 1 rings (SSSR count). The second-order valence-corrected chi connectivity index (χ2v) is 5.64. The second kappa shape index (κ2) is 4.45. The third kappa shape index (κ3) is 4.12. The summed E-state index contributed by atoms with van der Waals surface area (Å²) >= 11 is 0. The van der Waals surface area contributed by atoms with E-state index in [1.165, 1.54) is 32.1 Å². The summed E-state index contributed by atoms with van der Waals surface area (Å²) in [5.41, 5.74) is 0.505. The van der Waals surface area contributed by atoms with E-state index in [2.05, 4.69) is 20.8 Å². The second-order valence-electron chi connectivity index (χ2n) is 5.64. The molecule has 0 N–H and O–H groups in total. The van der Waals surface area contributed by atoms with E-state index in [0.29, 0.717) is 11.5 Å². The molecule has 1 aliphatic carbocycles. The number of hydrogen-bond donors (Lipinski definition) is 0. The average molecular weight is 184 g/mol. The summed E-state index contributed by atoms with van der Waals surface area (Å²) in [5, 5.41) is 0. The Balaban J connectivity index is 2.25. The van der Waals surface area contributed by atoms with Crippen molar-refractivity contribution in [3.8, 4) is 0 Å². The molecule has 0 bridgehead atoms. The zero-order chi connectivity index (χ0) is 9.90. The largest absolute Gasteiger partial charge is 0.381 e. The summed E-state index contributed by atoms with van der Waals surface area (Å²) in [7, 11) is 1.84. The van der Waals surface area contributed by atoms with Crippen LogP contribution in [-0.2, 0) is 4.74 Å². The first kappa shape index (κ1) is 11.0. The zero-order valence-corrected chi connectivity index (χ0v) is 9.60. The molecular weight excluding hydrogens is 160 g/mol. The average Bonchev–Trinajstić information content (AvgIpc) is 2.03. The molecule has 0 saturated heterocycles. The van der Waals surface area contributed by atoms with Crippen LogP contribution in [-0.4, -0.2) is 13.2 Å². The lowest BCUT2D eigenvalue weighted by molar-refractivity contribution is 0.0499. The number of rotatable bonds is 2. The summed E-state index contributed by atoms with van der Waals surface area (Å²) in [6.45, 7) is 7.03. The summed E-state index contributed by atoms with van der Waals surface area (Å²) in [5.74, 6) is 0.950. The van der Waals surface area contributed by atoms with Gasteiger partial charge in [0.05, 0.1) is 6.10 Å². The number of ether oxygens (including phenoxy) is 1. The SMILES string of the molecule is COC1CCC(CC(C)(C)C)CC1. The standard InChI is InChI=1S/C12H24O/c1-12(2,3)9-10-5-7-11(13-4)8-6-10/h10-11H,5-9H2,1-4H3. The molecule has 1 heteroatoms. The first-order chi connectivity index (χ1) is 6.01. The van der Waals surface area contributed by atoms with Crippen molar-refractivity contribution >= 4 is 0 Å². The van der Waals surface area contributed by atoms with Gasteiger partial charge in [0.2, 0.25) is 0 Å². The van der Waals surface area contributed by atoms with E-state index in [-0.39, 0.29) is 0 Å². The van der Waals surface area contributed by atoms with Crippen molar-refractivity contribution in [2.75, 3.05) is 7.11 Å². The molecule has 1 nitrogen and oxygen atoms in total. The Bertz CT molecular complexity index is 138. The van der Waals surface area contributed by atoms with Crippen molar-refractivity contribution in [1.29, 1.82) is 0 Å². The third-order valence-corrected chi connectivity index (χ3v) is 3.03. The molecule has 0 heterocycles.